The highest BCUT2D eigenvalue weighted by atomic mass is 16.5. The highest BCUT2D eigenvalue weighted by Gasteiger charge is 2.28. The first-order valence-electron chi connectivity index (χ1n) is 13.0. The fraction of sp³-hybridized carbons (Fsp3) is 0.536. The van der Waals surface area contributed by atoms with Gasteiger partial charge in [0.2, 0.25) is 11.8 Å². The number of aromatic nitrogens is 1. The minimum Gasteiger partial charge on any atom is -0.461 e. The molecule has 0 spiro atoms. The van der Waals surface area contributed by atoms with E-state index in [4.69, 9.17) is 4.74 Å². The summed E-state index contributed by atoms with van der Waals surface area (Å²) in [5.41, 5.74) is 4.33. The molecule has 0 saturated carbocycles. The van der Waals surface area contributed by atoms with Gasteiger partial charge in [-0.15, -0.1) is 0 Å². The maximum absolute atomic E-state index is 13.0. The summed E-state index contributed by atoms with van der Waals surface area (Å²) in [5.74, 6) is -0.450. The van der Waals surface area contributed by atoms with Crippen molar-refractivity contribution in [3.8, 4) is 0 Å². The van der Waals surface area contributed by atoms with Crippen molar-refractivity contribution < 1.29 is 19.1 Å². The minimum absolute atomic E-state index is 0.0336. The number of amides is 2. The zero-order valence-corrected chi connectivity index (χ0v) is 22.1. The predicted molar refractivity (Wildman–Crippen MR) is 141 cm³/mol. The molecular weight excluding hydrogens is 456 g/mol. The minimum atomic E-state index is -0.368. The van der Waals surface area contributed by atoms with Crippen LogP contribution in [0.1, 0.15) is 59.9 Å². The lowest BCUT2D eigenvalue weighted by Gasteiger charge is -2.32. The smallest absolute Gasteiger partial charge is 0.355 e. The van der Waals surface area contributed by atoms with E-state index in [1.165, 1.54) is 0 Å². The molecule has 2 aromatic rings. The molecule has 36 heavy (non-hydrogen) atoms. The van der Waals surface area contributed by atoms with Gasteiger partial charge in [0.15, 0.2) is 0 Å². The summed E-state index contributed by atoms with van der Waals surface area (Å²) in [7, 11) is 2.05. The molecule has 2 heterocycles. The summed E-state index contributed by atoms with van der Waals surface area (Å²) in [4.78, 5) is 45.0. The molecule has 2 N–H and O–H groups in total. The number of para-hydroxylation sites is 1. The first-order valence-corrected chi connectivity index (χ1v) is 13.0. The van der Waals surface area contributed by atoms with Crippen LogP contribution in [0.5, 0.6) is 0 Å². The van der Waals surface area contributed by atoms with Gasteiger partial charge >= 0.3 is 5.97 Å². The molecule has 8 heteroatoms. The van der Waals surface area contributed by atoms with Gasteiger partial charge in [-0.2, -0.15) is 0 Å². The quantitative estimate of drug-likeness (QED) is 0.366. The number of carbonyl (C=O) groups excluding carboxylic acids is 3. The first-order chi connectivity index (χ1) is 17.3. The Balaban J connectivity index is 1.44. The maximum Gasteiger partial charge on any atom is 0.355 e. The van der Waals surface area contributed by atoms with E-state index in [1.807, 2.05) is 36.9 Å². The molecule has 1 aromatic heterocycles. The number of anilines is 1. The van der Waals surface area contributed by atoms with Crippen molar-refractivity contribution in [2.24, 2.45) is 5.92 Å². The van der Waals surface area contributed by atoms with E-state index < -0.39 is 0 Å². The van der Waals surface area contributed by atoms with Crippen LogP contribution < -0.4 is 10.2 Å². The van der Waals surface area contributed by atoms with Crippen molar-refractivity contribution in [3.63, 3.8) is 0 Å². The molecule has 3 rings (SSSR count). The van der Waals surface area contributed by atoms with Crippen molar-refractivity contribution >= 4 is 23.5 Å². The highest BCUT2D eigenvalue weighted by molar-refractivity contribution is 5.90. The molecule has 1 aliphatic heterocycles. The van der Waals surface area contributed by atoms with Gasteiger partial charge in [-0.25, -0.2) is 4.79 Å². The normalized spacial score (nSPS) is 15.4. The number of rotatable bonds is 11. The van der Waals surface area contributed by atoms with Crippen LogP contribution in [0, 0.1) is 19.8 Å². The highest BCUT2D eigenvalue weighted by Crippen LogP contribution is 2.22. The number of carbonyl (C=O) groups is 3. The number of hydrogen-bond acceptors (Lipinski definition) is 5. The van der Waals surface area contributed by atoms with Crippen LogP contribution in [0.3, 0.4) is 0 Å². The lowest BCUT2D eigenvalue weighted by Crippen LogP contribution is -2.45. The third-order valence-corrected chi connectivity index (χ3v) is 6.97. The SMILES string of the molecule is CCOC(=O)c1[nH]c(C)c(CCC(=O)N2CCC[C@H](C(=O)NCCCN(C)c3ccccc3)C2)c1C. The fourth-order valence-corrected chi connectivity index (χ4v) is 4.86. The van der Waals surface area contributed by atoms with E-state index in [0.29, 0.717) is 44.8 Å². The van der Waals surface area contributed by atoms with Crippen LogP contribution in [-0.4, -0.2) is 67.5 Å². The van der Waals surface area contributed by atoms with Gasteiger partial charge in [-0.3, -0.25) is 9.59 Å². The van der Waals surface area contributed by atoms with Gasteiger partial charge in [-0.05, 0) is 69.7 Å². The first kappa shape index (κ1) is 27.3. The van der Waals surface area contributed by atoms with E-state index in [-0.39, 0.29) is 23.7 Å². The van der Waals surface area contributed by atoms with Crippen molar-refractivity contribution in [2.45, 2.75) is 52.9 Å². The molecule has 0 aliphatic carbocycles. The number of aryl methyl sites for hydroxylation is 1. The Morgan fingerprint density at radius 1 is 1.19 bits per heavy atom. The second-order valence-electron chi connectivity index (χ2n) is 9.53. The van der Waals surface area contributed by atoms with Crippen molar-refractivity contribution in [3.05, 3.63) is 52.8 Å². The predicted octanol–water partition coefficient (Wildman–Crippen LogP) is 3.62. The van der Waals surface area contributed by atoms with E-state index in [9.17, 15) is 14.4 Å². The zero-order chi connectivity index (χ0) is 26.1. The Kier molecular flexibility index (Phi) is 9.96. The van der Waals surface area contributed by atoms with Crippen LogP contribution in [-0.2, 0) is 20.7 Å². The largest absolute Gasteiger partial charge is 0.461 e. The molecular formula is C28H40N4O4. The van der Waals surface area contributed by atoms with E-state index in [2.05, 4.69) is 34.4 Å². The van der Waals surface area contributed by atoms with Gasteiger partial charge in [0.05, 0.1) is 12.5 Å². The van der Waals surface area contributed by atoms with Crippen molar-refractivity contribution in [1.82, 2.24) is 15.2 Å². The Morgan fingerprint density at radius 2 is 1.94 bits per heavy atom. The third kappa shape index (κ3) is 7.12. The monoisotopic (exact) mass is 496 g/mol. The molecule has 1 aromatic carbocycles. The Bertz CT molecular complexity index is 1030. The molecule has 0 unspecified atom stereocenters. The third-order valence-electron chi connectivity index (χ3n) is 6.97. The summed E-state index contributed by atoms with van der Waals surface area (Å²) >= 11 is 0. The molecule has 1 saturated heterocycles. The maximum atomic E-state index is 13.0. The number of piperidine rings is 1. The number of likely N-dealkylation sites (tertiary alicyclic amines) is 1. The molecule has 0 bridgehead atoms. The number of aromatic amines is 1. The van der Waals surface area contributed by atoms with Crippen LogP contribution in [0.15, 0.2) is 30.3 Å². The molecule has 1 aliphatic rings. The lowest BCUT2D eigenvalue weighted by atomic mass is 9.96. The van der Waals surface area contributed by atoms with E-state index >= 15 is 0 Å². The number of nitrogens with one attached hydrogen (secondary N) is 2. The number of benzene rings is 1. The summed E-state index contributed by atoms with van der Waals surface area (Å²) in [6, 6.07) is 10.2. The summed E-state index contributed by atoms with van der Waals surface area (Å²) in [6.45, 7) is 8.52. The van der Waals surface area contributed by atoms with Crippen molar-refractivity contribution in [1.29, 1.82) is 0 Å². The van der Waals surface area contributed by atoms with Crippen LogP contribution >= 0.6 is 0 Å². The van der Waals surface area contributed by atoms with Gasteiger partial charge in [0, 0.05) is 51.0 Å². The topological polar surface area (TPSA) is 94.7 Å². The van der Waals surface area contributed by atoms with E-state index in [0.717, 1.165) is 48.3 Å². The van der Waals surface area contributed by atoms with E-state index in [1.54, 1.807) is 6.92 Å². The molecule has 8 nitrogen and oxygen atoms in total. The number of hydrogen-bond donors (Lipinski definition) is 2. The van der Waals surface area contributed by atoms with Crippen LogP contribution in [0.4, 0.5) is 5.69 Å². The van der Waals surface area contributed by atoms with Gasteiger partial charge in [-0.1, -0.05) is 18.2 Å². The van der Waals surface area contributed by atoms with Gasteiger partial charge in [0.25, 0.3) is 0 Å². The van der Waals surface area contributed by atoms with Gasteiger partial charge in [0.1, 0.15) is 5.69 Å². The van der Waals surface area contributed by atoms with Gasteiger partial charge < -0.3 is 24.8 Å². The van der Waals surface area contributed by atoms with Crippen LogP contribution in [0.25, 0.3) is 0 Å². The average molecular weight is 497 g/mol. The fourth-order valence-electron chi connectivity index (χ4n) is 4.86. The Labute approximate surface area is 214 Å². The zero-order valence-electron chi connectivity index (χ0n) is 22.1. The molecule has 1 atom stereocenters. The summed E-state index contributed by atoms with van der Waals surface area (Å²) < 4.78 is 5.11. The van der Waals surface area contributed by atoms with Crippen molar-refractivity contribution in [2.75, 3.05) is 44.7 Å². The van der Waals surface area contributed by atoms with Crippen LogP contribution in [0.2, 0.25) is 0 Å². The number of ether oxygens (including phenoxy) is 1. The number of H-pyrrole nitrogens is 1. The molecule has 0 radical (unpaired) electrons. The molecule has 2 amide bonds. The molecule has 196 valence electrons. The Morgan fingerprint density at radius 3 is 2.67 bits per heavy atom. The standard InChI is InChI=1S/C28H40N4O4/c1-5-36-28(35)26-20(2)24(21(3)30-26)14-15-25(33)32-18-9-11-22(19-32)27(34)29-16-10-17-31(4)23-12-7-6-8-13-23/h6-8,12-13,22,30H,5,9-11,14-19H2,1-4H3,(H,29,34)/t22-/m0/s1. The molecule has 1 fully saturated rings. The summed E-state index contributed by atoms with van der Waals surface area (Å²) in [6.07, 6.45) is 3.39. The summed E-state index contributed by atoms with van der Waals surface area (Å²) in [5, 5.41) is 3.06. The lowest BCUT2D eigenvalue weighted by molar-refractivity contribution is -0.135. The Hall–Kier alpha value is -3.29. The second-order valence-corrected chi connectivity index (χ2v) is 9.53. The number of esters is 1. The average Bonchev–Trinajstić information content (AvgIpc) is 3.18. The second kappa shape index (κ2) is 13.1. The number of nitrogens with zero attached hydrogens (tertiary/aromatic N) is 2.